The molecule has 26 heavy (non-hydrogen) atoms. The van der Waals surface area contributed by atoms with Crippen LogP contribution >= 0.6 is 23.6 Å². The molecule has 1 aromatic carbocycles. The van der Waals surface area contributed by atoms with Gasteiger partial charge in [-0.3, -0.25) is 9.69 Å². The van der Waals surface area contributed by atoms with Crippen LogP contribution in [-0.2, 0) is 11.2 Å². The van der Waals surface area contributed by atoms with Crippen LogP contribution in [0.2, 0.25) is 0 Å². The summed E-state index contributed by atoms with van der Waals surface area (Å²) in [7, 11) is 0. The standard InChI is InChI=1S/C19H22N2O3S2/c1-11-12(2)17-15(13(3)16(11)23-14(4)22)6-7-19(5,24-17)21(10-25)18-20-8-9-26-18/h8-10H,6-7H2,1-5H3. The topological polar surface area (TPSA) is 51.7 Å². The normalized spacial score (nSPS) is 18.7. The van der Waals surface area contributed by atoms with E-state index >= 15 is 0 Å². The molecule has 0 N–H and O–H groups in total. The number of anilines is 1. The van der Waals surface area contributed by atoms with Gasteiger partial charge in [0, 0.05) is 30.5 Å². The minimum atomic E-state index is -0.612. The Labute approximate surface area is 162 Å². The molecule has 1 aliphatic heterocycles. The molecule has 0 aliphatic carbocycles. The van der Waals surface area contributed by atoms with Crippen molar-refractivity contribution < 1.29 is 14.3 Å². The second-order valence-electron chi connectivity index (χ2n) is 6.67. The van der Waals surface area contributed by atoms with E-state index in [0.717, 1.165) is 46.0 Å². The fourth-order valence-electron chi connectivity index (χ4n) is 3.38. The van der Waals surface area contributed by atoms with Crippen molar-refractivity contribution in [3.05, 3.63) is 33.8 Å². The Morgan fingerprint density at radius 3 is 2.69 bits per heavy atom. The van der Waals surface area contributed by atoms with E-state index < -0.39 is 5.72 Å². The number of nitrogens with zero attached hydrogens (tertiary/aromatic N) is 2. The largest absolute Gasteiger partial charge is 0.467 e. The molecule has 1 aliphatic rings. The zero-order chi connectivity index (χ0) is 19.1. The van der Waals surface area contributed by atoms with Crippen LogP contribution in [0.15, 0.2) is 11.6 Å². The van der Waals surface area contributed by atoms with E-state index in [1.54, 1.807) is 11.7 Å². The van der Waals surface area contributed by atoms with Crippen LogP contribution in [0.5, 0.6) is 11.5 Å². The number of aromatic nitrogens is 1. The van der Waals surface area contributed by atoms with Gasteiger partial charge in [-0.1, -0.05) is 12.2 Å². The van der Waals surface area contributed by atoms with Gasteiger partial charge in [0.1, 0.15) is 11.5 Å². The summed E-state index contributed by atoms with van der Waals surface area (Å²) in [5.41, 5.74) is 4.94. The lowest BCUT2D eigenvalue weighted by atomic mass is 9.90. The molecule has 1 aromatic heterocycles. The molecule has 5 nitrogen and oxygen atoms in total. The van der Waals surface area contributed by atoms with Crippen LogP contribution in [0.4, 0.5) is 5.13 Å². The minimum absolute atomic E-state index is 0.312. The number of carbonyl (C=O) groups is 1. The van der Waals surface area contributed by atoms with Crippen molar-refractivity contribution in [3.8, 4) is 11.5 Å². The number of carbonyl (C=O) groups excluding carboxylic acids is 1. The van der Waals surface area contributed by atoms with Gasteiger partial charge in [-0.15, -0.1) is 11.3 Å². The molecule has 0 fully saturated rings. The fraction of sp³-hybridized carbons (Fsp3) is 0.421. The SMILES string of the molecule is CC(=O)Oc1c(C)c(C)c2c(c1C)CCC(C)(N(C=S)c1nccs1)O2. The van der Waals surface area contributed by atoms with Gasteiger partial charge in [-0.25, -0.2) is 4.98 Å². The number of hydrogen-bond donors (Lipinski definition) is 0. The first-order valence-electron chi connectivity index (χ1n) is 8.42. The van der Waals surface area contributed by atoms with Crippen molar-refractivity contribution in [2.75, 3.05) is 4.90 Å². The summed E-state index contributed by atoms with van der Waals surface area (Å²) in [6.45, 7) is 9.38. The van der Waals surface area contributed by atoms with E-state index in [-0.39, 0.29) is 5.97 Å². The highest BCUT2D eigenvalue weighted by Crippen LogP contribution is 2.45. The third kappa shape index (κ3) is 3.10. The predicted molar refractivity (Wildman–Crippen MR) is 108 cm³/mol. The number of thiazole rings is 1. The number of esters is 1. The first-order valence-corrected chi connectivity index (χ1v) is 9.77. The van der Waals surface area contributed by atoms with Gasteiger partial charge >= 0.3 is 5.97 Å². The van der Waals surface area contributed by atoms with Crippen molar-refractivity contribution in [2.24, 2.45) is 0 Å². The maximum Gasteiger partial charge on any atom is 0.308 e. The number of thiocarbonyl (C=S) groups is 1. The second-order valence-corrected chi connectivity index (χ2v) is 7.76. The number of hydrogen-bond acceptors (Lipinski definition) is 6. The van der Waals surface area contributed by atoms with Gasteiger partial charge in [0.15, 0.2) is 10.9 Å². The summed E-state index contributed by atoms with van der Waals surface area (Å²) >= 11 is 6.78. The van der Waals surface area contributed by atoms with Crippen molar-refractivity contribution in [1.29, 1.82) is 0 Å². The highest BCUT2D eigenvalue weighted by molar-refractivity contribution is 7.79. The Morgan fingerprint density at radius 1 is 1.38 bits per heavy atom. The van der Waals surface area contributed by atoms with Crippen molar-refractivity contribution in [3.63, 3.8) is 0 Å². The Hall–Kier alpha value is -1.99. The Morgan fingerprint density at radius 2 is 2.12 bits per heavy atom. The van der Waals surface area contributed by atoms with Crippen molar-refractivity contribution >= 4 is 40.1 Å². The van der Waals surface area contributed by atoms with Gasteiger partial charge in [0.2, 0.25) is 0 Å². The zero-order valence-electron chi connectivity index (χ0n) is 15.6. The molecule has 0 radical (unpaired) electrons. The molecule has 7 heteroatoms. The van der Waals surface area contributed by atoms with E-state index in [9.17, 15) is 4.79 Å². The third-order valence-electron chi connectivity index (χ3n) is 4.96. The Bertz CT molecular complexity index is 864. The zero-order valence-corrected chi connectivity index (χ0v) is 17.2. The summed E-state index contributed by atoms with van der Waals surface area (Å²) in [6, 6.07) is 0. The molecule has 0 amide bonds. The smallest absolute Gasteiger partial charge is 0.308 e. The molecule has 0 saturated carbocycles. The summed E-state index contributed by atoms with van der Waals surface area (Å²) in [5.74, 6) is 1.18. The predicted octanol–water partition coefficient (Wildman–Crippen LogP) is 4.50. The highest BCUT2D eigenvalue weighted by atomic mass is 32.1. The molecule has 2 heterocycles. The average Bonchev–Trinajstić information content (AvgIpc) is 3.11. The van der Waals surface area contributed by atoms with Crippen LogP contribution in [0.3, 0.4) is 0 Å². The fourth-order valence-corrected chi connectivity index (χ4v) is 4.50. The lowest BCUT2D eigenvalue weighted by Crippen LogP contribution is -2.52. The van der Waals surface area contributed by atoms with E-state index in [1.807, 2.05) is 38.0 Å². The highest BCUT2D eigenvalue weighted by Gasteiger charge is 2.40. The lowest BCUT2D eigenvalue weighted by Gasteiger charge is -2.43. The van der Waals surface area contributed by atoms with Gasteiger partial charge in [0.25, 0.3) is 0 Å². The molecule has 2 aromatic rings. The molecular formula is C19H22N2O3S2. The van der Waals surface area contributed by atoms with E-state index in [0.29, 0.717) is 5.75 Å². The number of rotatable bonds is 4. The monoisotopic (exact) mass is 390 g/mol. The van der Waals surface area contributed by atoms with Crippen molar-refractivity contribution in [1.82, 2.24) is 4.98 Å². The van der Waals surface area contributed by atoms with Gasteiger partial charge in [-0.05, 0) is 50.8 Å². The Kier molecular flexibility index (Phi) is 5.03. The van der Waals surface area contributed by atoms with Gasteiger partial charge in [0.05, 0.1) is 5.49 Å². The van der Waals surface area contributed by atoms with Crippen LogP contribution < -0.4 is 14.4 Å². The van der Waals surface area contributed by atoms with Gasteiger partial charge < -0.3 is 9.47 Å². The van der Waals surface area contributed by atoms with Crippen LogP contribution in [-0.4, -0.2) is 22.2 Å². The lowest BCUT2D eigenvalue weighted by molar-refractivity contribution is -0.132. The summed E-state index contributed by atoms with van der Waals surface area (Å²) in [4.78, 5) is 17.8. The quantitative estimate of drug-likeness (QED) is 0.435. The molecule has 3 rings (SSSR count). The minimum Gasteiger partial charge on any atom is -0.467 e. The molecule has 138 valence electrons. The maximum absolute atomic E-state index is 11.5. The summed E-state index contributed by atoms with van der Waals surface area (Å²) < 4.78 is 12.0. The molecule has 0 spiro atoms. The molecule has 1 unspecified atom stereocenters. The Balaban J connectivity index is 2.06. The molecular weight excluding hydrogens is 368 g/mol. The molecule has 0 saturated heterocycles. The first-order chi connectivity index (χ1) is 12.3. The molecule has 0 bridgehead atoms. The van der Waals surface area contributed by atoms with Crippen LogP contribution in [0, 0.1) is 20.8 Å². The number of ether oxygens (including phenoxy) is 2. The van der Waals surface area contributed by atoms with Crippen LogP contribution in [0.1, 0.15) is 42.5 Å². The maximum atomic E-state index is 11.5. The molecule has 1 atom stereocenters. The van der Waals surface area contributed by atoms with Crippen molar-refractivity contribution in [2.45, 2.75) is 53.2 Å². The third-order valence-corrected chi connectivity index (χ3v) is 5.94. The number of benzene rings is 1. The average molecular weight is 391 g/mol. The second kappa shape index (κ2) is 6.96. The first kappa shape index (κ1) is 18.8. The summed E-state index contributed by atoms with van der Waals surface area (Å²) in [6.07, 6.45) is 3.31. The van der Waals surface area contributed by atoms with E-state index in [1.165, 1.54) is 18.3 Å². The summed E-state index contributed by atoms with van der Waals surface area (Å²) in [5, 5.41) is 2.74. The van der Waals surface area contributed by atoms with E-state index in [4.69, 9.17) is 21.7 Å². The van der Waals surface area contributed by atoms with E-state index in [2.05, 4.69) is 4.98 Å². The van der Waals surface area contributed by atoms with Crippen LogP contribution in [0.25, 0.3) is 0 Å². The van der Waals surface area contributed by atoms with Gasteiger partial charge in [-0.2, -0.15) is 0 Å². The number of fused-ring (bicyclic) bond motifs is 1.